The molecule has 0 spiro atoms. The van der Waals surface area contributed by atoms with Crippen LogP contribution in [0, 0.1) is 24.2 Å². The van der Waals surface area contributed by atoms with E-state index < -0.39 is 0 Å². The van der Waals surface area contributed by atoms with Crippen molar-refractivity contribution in [3.05, 3.63) is 29.8 Å². The van der Waals surface area contributed by atoms with Crippen molar-refractivity contribution < 1.29 is 0 Å². The minimum absolute atomic E-state index is 0.359. The van der Waals surface area contributed by atoms with Gasteiger partial charge in [-0.15, -0.1) is 0 Å². The van der Waals surface area contributed by atoms with Crippen molar-refractivity contribution in [2.24, 2.45) is 5.92 Å². The van der Waals surface area contributed by atoms with Crippen molar-refractivity contribution in [2.75, 3.05) is 18.0 Å². The third-order valence-electron chi connectivity index (χ3n) is 4.73. The molecular formula is C18H25N3. The van der Waals surface area contributed by atoms with Gasteiger partial charge in [0.25, 0.3) is 0 Å². The highest BCUT2D eigenvalue weighted by atomic mass is 15.2. The Morgan fingerprint density at radius 1 is 1.24 bits per heavy atom. The van der Waals surface area contributed by atoms with Crippen molar-refractivity contribution in [1.29, 1.82) is 5.26 Å². The van der Waals surface area contributed by atoms with E-state index in [1.54, 1.807) is 0 Å². The van der Waals surface area contributed by atoms with E-state index in [0.717, 1.165) is 13.1 Å². The molecule has 1 aromatic rings. The molecule has 0 aliphatic heterocycles. The summed E-state index contributed by atoms with van der Waals surface area (Å²) in [6, 6.07) is 11.9. The second-order valence-electron chi connectivity index (χ2n) is 6.63. The first-order valence-corrected chi connectivity index (χ1v) is 8.17. The maximum absolute atomic E-state index is 9.86. The highest BCUT2D eigenvalue weighted by molar-refractivity contribution is 5.48. The van der Waals surface area contributed by atoms with Crippen LogP contribution in [0.15, 0.2) is 24.3 Å². The second kappa shape index (κ2) is 5.69. The average molecular weight is 283 g/mol. The van der Waals surface area contributed by atoms with Gasteiger partial charge in [-0.25, -0.2) is 0 Å². The number of likely N-dealkylation sites (N-methyl/N-ethyl adjacent to an activating group) is 1. The van der Waals surface area contributed by atoms with E-state index in [1.165, 1.54) is 36.9 Å². The van der Waals surface area contributed by atoms with E-state index >= 15 is 0 Å². The van der Waals surface area contributed by atoms with Crippen LogP contribution in [0.3, 0.4) is 0 Å². The lowest BCUT2D eigenvalue weighted by molar-refractivity contribution is 0.361. The van der Waals surface area contributed by atoms with E-state index in [2.05, 4.69) is 54.4 Å². The second-order valence-corrected chi connectivity index (χ2v) is 6.63. The molecule has 3 nitrogen and oxygen atoms in total. The van der Waals surface area contributed by atoms with Gasteiger partial charge in [0, 0.05) is 24.8 Å². The Hall–Kier alpha value is -1.53. The molecule has 0 radical (unpaired) electrons. The van der Waals surface area contributed by atoms with Crippen LogP contribution in [0.1, 0.15) is 38.2 Å². The zero-order valence-corrected chi connectivity index (χ0v) is 13.1. The molecule has 0 heterocycles. The summed E-state index contributed by atoms with van der Waals surface area (Å²) in [6.07, 6.45) is 4.84. The number of nitrogens with zero attached hydrogens (tertiary/aromatic N) is 2. The average Bonchev–Trinajstić information content (AvgIpc) is 3.38. The van der Waals surface area contributed by atoms with E-state index in [-0.39, 0.29) is 5.54 Å². The Kier molecular flexibility index (Phi) is 3.91. The van der Waals surface area contributed by atoms with Crippen LogP contribution in [0.5, 0.6) is 0 Å². The summed E-state index contributed by atoms with van der Waals surface area (Å²) in [4.78, 5) is 2.34. The summed E-state index contributed by atoms with van der Waals surface area (Å²) in [5, 5.41) is 13.5. The standard InChI is InChI=1S/C18H25N3/c1-3-21(17-10-4-14(2)5-11-17)13-18(12-19,15-6-7-15)20-16-8-9-16/h4-5,10-11,15-16,20H,3,6-9,13H2,1-2H3. The third-order valence-corrected chi connectivity index (χ3v) is 4.73. The monoisotopic (exact) mass is 283 g/mol. The molecule has 1 unspecified atom stereocenters. The normalized spacial score (nSPS) is 20.6. The minimum atomic E-state index is -0.359. The van der Waals surface area contributed by atoms with Crippen LogP contribution in [0.2, 0.25) is 0 Å². The van der Waals surface area contributed by atoms with Crippen LogP contribution in [-0.4, -0.2) is 24.7 Å². The zero-order valence-electron chi connectivity index (χ0n) is 13.1. The van der Waals surface area contributed by atoms with Gasteiger partial charge in [0.15, 0.2) is 0 Å². The fourth-order valence-corrected chi connectivity index (χ4v) is 3.06. The Balaban J connectivity index is 1.79. The summed E-state index contributed by atoms with van der Waals surface area (Å²) >= 11 is 0. The molecule has 2 aliphatic rings. The van der Waals surface area contributed by atoms with Crippen LogP contribution in [0.25, 0.3) is 0 Å². The molecule has 0 bridgehead atoms. The van der Waals surface area contributed by atoms with Crippen molar-refractivity contribution >= 4 is 5.69 Å². The van der Waals surface area contributed by atoms with E-state index in [1.807, 2.05) is 0 Å². The minimum Gasteiger partial charge on any atom is -0.369 e. The van der Waals surface area contributed by atoms with Crippen LogP contribution < -0.4 is 10.2 Å². The SMILES string of the molecule is CCN(CC(C#N)(NC1CC1)C1CC1)c1ccc(C)cc1. The largest absolute Gasteiger partial charge is 0.369 e. The Labute approximate surface area is 128 Å². The number of aryl methyl sites for hydroxylation is 1. The zero-order chi connectivity index (χ0) is 14.9. The first-order valence-electron chi connectivity index (χ1n) is 8.17. The van der Waals surface area contributed by atoms with E-state index in [4.69, 9.17) is 0 Å². The molecule has 0 amide bonds. The molecule has 0 saturated heterocycles. The van der Waals surface area contributed by atoms with Crippen LogP contribution >= 0.6 is 0 Å². The molecule has 3 rings (SSSR count). The number of hydrogen-bond donors (Lipinski definition) is 1. The number of benzene rings is 1. The fourth-order valence-electron chi connectivity index (χ4n) is 3.06. The number of rotatable bonds is 7. The molecular weight excluding hydrogens is 258 g/mol. The van der Waals surface area contributed by atoms with Gasteiger partial charge < -0.3 is 4.90 Å². The highest BCUT2D eigenvalue weighted by Crippen LogP contribution is 2.42. The number of nitriles is 1. The lowest BCUT2D eigenvalue weighted by Gasteiger charge is -2.35. The van der Waals surface area contributed by atoms with Gasteiger partial charge >= 0.3 is 0 Å². The molecule has 2 fully saturated rings. The predicted molar refractivity (Wildman–Crippen MR) is 86.3 cm³/mol. The van der Waals surface area contributed by atoms with Gasteiger partial charge in [0.05, 0.1) is 6.07 Å². The fraction of sp³-hybridized carbons (Fsp3) is 0.611. The Morgan fingerprint density at radius 3 is 2.38 bits per heavy atom. The van der Waals surface area contributed by atoms with Crippen molar-refractivity contribution in [3.63, 3.8) is 0 Å². The smallest absolute Gasteiger partial charge is 0.127 e. The van der Waals surface area contributed by atoms with Gasteiger partial charge in [-0.1, -0.05) is 17.7 Å². The van der Waals surface area contributed by atoms with Crippen molar-refractivity contribution in [2.45, 2.75) is 51.1 Å². The molecule has 2 aliphatic carbocycles. The number of nitrogens with one attached hydrogen (secondary N) is 1. The highest BCUT2D eigenvalue weighted by Gasteiger charge is 2.49. The van der Waals surface area contributed by atoms with E-state index in [9.17, 15) is 5.26 Å². The lowest BCUT2D eigenvalue weighted by atomic mass is 9.93. The summed E-state index contributed by atoms with van der Waals surface area (Å²) in [5.74, 6) is 0.530. The molecule has 3 heteroatoms. The van der Waals surface area contributed by atoms with Gasteiger partial charge in [0.2, 0.25) is 0 Å². The molecule has 2 saturated carbocycles. The Morgan fingerprint density at radius 2 is 1.90 bits per heavy atom. The molecule has 1 aromatic carbocycles. The molecule has 1 N–H and O–H groups in total. The summed E-state index contributed by atoms with van der Waals surface area (Å²) in [6.45, 7) is 6.01. The third kappa shape index (κ3) is 3.22. The van der Waals surface area contributed by atoms with Gasteiger partial charge in [-0.3, -0.25) is 5.32 Å². The molecule has 112 valence electrons. The summed E-state index contributed by atoms with van der Waals surface area (Å²) in [7, 11) is 0. The maximum Gasteiger partial charge on any atom is 0.127 e. The van der Waals surface area contributed by atoms with Gasteiger partial charge in [-0.05, 0) is 57.6 Å². The topological polar surface area (TPSA) is 39.1 Å². The van der Waals surface area contributed by atoms with Crippen LogP contribution in [-0.2, 0) is 0 Å². The Bertz CT molecular complexity index is 522. The summed E-state index contributed by atoms with van der Waals surface area (Å²) < 4.78 is 0. The number of hydrogen-bond acceptors (Lipinski definition) is 3. The lowest BCUT2D eigenvalue weighted by Crippen LogP contribution is -2.55. The molecule has 1 atom stereocenters. The molecule has 0 aromatic heterocycles. The number of anilines is 1. The van der Waals surface area contributed by atoms with Gasteiger partial charge in [0.1, 0.15) is 5.54 Å². The summed E-state index contributed by atoms with van der Waals surface area (Å²) in [5.41, 5.74) is 2.14. The predicted octanol–water partition coefficient (Wildman–Crippen LogP) is 3.25. The first-order chi connectivity index (χ1) is 10.2. The van der Waals surface area contributed by atoms with Gasteiger partial charge in [-0.2, -0.15) is 5.26 Å². The maximum atomic E-state index is 9.86. The molecule has 21 heavy (non-hydrogen) atoms. The van der Waals surface area contributed by atoms with E-state index in [0.29, 0.717) is 12.0 Å². The van der Waals surface area contributed by atoms with Crippen molar-refractivity contribution in [3.8, 4) is 6.07 Å². The first kappa shape index (κ1) is 14.4. The quantitative estimate of drug-likeness (QED) is 0.835. The van der Waals surface area contributed by atoms with Crippen LogP contribution in [0.4, 0.5) is 5.69 Å². The van der Waals surface area contributed by atoms with Crippen molar-refractivity contribution in [1.82, 2.24) is 5.32 Å².